The Labute approximate surface area is 202 Å². The summed E-state index contributed by atoms with van der Waals surface area (Å²) in [5, 5.41) is 22.8. The summed E-state index contributed by atoms with van der Waals surface area (Å²) in [5.74, 6) is -0.736. The molecule has 0 N–H and O–H groups in total. The van der Waals surface area contributed by atoms with Gasteiger partial charge in [0, 0.05) is 11.5 Å². The van der Waals surface area contributed by atoms with Crippen molar-refractivity contribution in [1.29, 1.82) is 0 Å². The van der Waals surface area contributed by atoms with Crippen molar-refractivity contribution in [1.82, 2.24) is 0 Å². The molecule has 0 atom stereocenters. The Kier molecular flexibility index (Phi) is 6.55. The molecule has 180 valence electrons. The number of nitro groups is 2. The number of nitrogens with zero attached hydrogens (tertiary/aromatic N) is 2. The SMILES string of the molecule is COc1cc(C=Cc2ccc([N+](=O)[O-])cc2[N+](=O)[O-])ccc1OC(=O)c1cc2ccccc2oc1=O. The molecule has 11 nitrogen and oxygen atoms in total. The first-order chi connectivity index (χ1) is 17.3. The molecule has 0 radical (unpaired) electrons. The molecular weight excluding hydrogens is 472 g/mol. The Bertz CT molecular complexity index is 1610. The van der Waals surface area contributed by atoms with Crippen LogP contribution >= 0.6 is 0 Å². The van der Waals surface area contributed by atoms with Gasteiger partial charge in [0.2, 0.25) is 0 Å². The number of carbonyl (C=O) groups is 1. The Morgan fingerprint density at radius 1 is 0.917 bits per heavy atom. The van der Waals surface area contributed by atoms with Crippen LogP contribution in [0.1, 0.15) is 21.5 Å². The van der Waals surface area contributed by atoms with Gasteiger partial charge in [0.1, 0.15) is 11.1 Å². The fraction of sp³-hybridized carbons (Fsp3) is 0.0400. The molecule has 1 heterocycles. The van der Waals surface area contributed by atoms with E-state index < -0.39 is 32.8 Å². The lowest BCUT2D eigenvalue weighted by Gasteiger charge is -2.10. The first kappa shape index (κ1) is 23.8. The fourth-order valence-corrected chi connectivity index (χ4v) is 3.36. The number of hydrogen-bond acceptors (Lipinski definition) is 9. The van der Waals surface area contributed by atoms with Gasteiger partial charge in [-0.1, -0.05) is 30.3 Å². The predicted octanol–water partition coefficient (Wildman–Crippen LogP) is 5.01. The largest absolute Gasteiger partial charge is 0.493 e. The first-order valence-corrected chi connectivity index (χ1v) is 10.3. The quantitative estimate of drug-likeness (QED) is 0.0872. The highest BCUT2D eigenvalue weighted by atomic mass is 16.6. The monoisotopic (exact) mass is 488 g/mol. The number of methoxy groups -OCH3 is 1. The Hall–Kier alpha value is -5.32. The number of fused-ring (bicyclic) bond motifs is 1. The van der Waals surface area contributed by atoms with E-state index in [-0.39, 0.29) is 22.6 Å². The molecule has 0 bridgehead atoms. The van der Waals surface area contributed by atoms with Crippen LogP contribution in [0.15, 0.2) is 75.9 Å². The molecule has 4 rings (SSSR count). The minimum atomic E-state index is -0.933. The van der Waals surface area contributed by atoms with Crippen LogP contribution in [-0.2, 0) is 0 Å². The molecule has 3 aromatic carbocycles. The topological polar surface area (TPSA) is 152 Å². The third-order valence-corrected chi connectivity index (χ3v) is 5.13. The van der Waals surface area contributed by atoms with Crippen molar-refractivity contribution in [2.24, 2.45) is 0 Å². The van der Waals surface area contributed by atoms with Gasteiger partial charge in [0.15, 0.2) is 11.5 Å². The Morgan fingerprint density at radius 2 is 1.69 bits per heavy atom. The zero-order valence-electron chi connectivity index (χ0n) is 18.6. The Balaban J connectivity index is 1.59. The van der Waals surface area contributed by atoms with Crippen molar-refractivity contribution in [3.8, 4) is 11.5 Å². The summed E-state index contributed by atoms with van der Waals surface area (Å²) in [6, 6.07) is 15.9. The van der Waals surface area contributed by atoms with Crippen LogP contribution in [-0.4, -0.2) is 22.9 Å². The molecule has 11 heteroatoms. The number of hydrogen-bond donors (Lipinski definition) is 0. The standard InChI is InChI=1S/C25H16N2O9/c1-34-23-12-15(6-8-16-9-10-18(26(30)31)14-20(16)27(32)33)7-11-22(23)36-25(29)19-13-17-4-2-3-5-21(17)35-24(19)28/h2-14H,1H3. The van der Waals surface area contributed by atoms with E-state index in [4.69, 9.17) is 13.9 Å². The molecule has 0 saturated heterocycles. The minimum Gasteiger partial charge on any atom is -0.493 e. The second-order valence-electron chi connectivity index (χ2n) is 7.38. The number of non-ortho nitro benzene ring substituents is 1. The van der Waals surface area contributed by atoms with Gasteiger partial charge in [0.25, 0.3) is 11.4 Å². The molecule has 0 aliphatic heterocycles. The van der Waals surface area contributed by atoms with Gasteiger partial charge in [-0.05, 0) is 42.0 Å². The van der Waals surface area contributed by atoms with Gasteiger partial charge in [-0.3, -0.25) is 20.2 Å². The maximum atomic E-state index is 12.7. The van der Waals surface area contributed by atoms with E-state index in [2.05, 4.69) is 0 Å². The summed E-state index contributed by atoms with van der Waals surface area (Å²) in [7, 11) is 1.35. The number of ether oxygens (including phenoxy) is 2. The molecule has 0 fully saturated rings. The van der Waals surface area contributed by atoms with Crippen molar-refractivity contribution < 1.29 is 28.5 Å². The van der Waals surface area contributed by atoms with Gasteiger partial charge in [0.05, 0.1) is 28.6 Å². The normalized spacial score (nSPS) is 10.9. The van der Waals surface area contributed by atoms with Gasteiger partial charge in [-0.25, -0.2) is 9.59 Å². The molecular formula is C25H16N2O9. The van der Waals surface area contributed by atoms with Crippen LogP contribution < -0.4 is 15.1 Å². The number of rotatable bonds is 7. The van der Waals surface area contributed by atoms with Crippen molar-refractivity contribution in [2.75, 3.05) is 7.11 Å². The molecule has 0 aliphatic carbocycles. The van der Waals surface area contributed by atoms with E-state index in [1.807, 2.05) is 0 Å². The lowest BCUT2D eigenvalue weighted by atomic mass is 10.1. The molecule has 0 saturated carbocycles. The van der Waals surface area contributed by atoms with E-state index in [1.165, 1.54) is 49.6 Å². The molecule has 0 unspecified atom stereocenters. The summed E-state index contributed by atoms with van der Waals surface area (Å²) in [5.41, 5.74) is -0.930. The van der Waals surface area contributed by atoms with Crippen LogP contribution in [0.25, 0.3) is 23.1 Å². The zero-order chi connectivity index (χ0) is 25.8. The fourth-order valence-electron chi connectivity index (χ4n) is 3.36. The summed E-state index contributed by atoms with van der Waals surface area (Å²) in [6.45, 7) is 0. The number of para-hydroxylation sites is 1. The number of nitro benzene ring substituents is 2. The van der Waals surface area contributed by atoms with Gasteiger partial charge >= 0.3 is 11.6 Å². The summed E-state index contributed by atoms with van der Waals surface area (Å²) in [4.78, 5) is 45.7. The Morgan fingerprint density at radius 3 is 2.42 bits per heavy atom. The second kappa shape index (κ2) is 9.89. The summed E-state index contributed by atoms with van der Waals surface area (Å²) in [6.07, 6.45) is 2.95. The third kappa shape index (κ3) is 4.94. The molecule has 1 aromatic heterocycles. The minimum absolute atomic E-state index is 0.0357. The average Bonchev–Trinajstić information content (AvgIpc) is 2.87. The first-order valence-electron chi connectivity index (χ1n) is 10.3. The molecule has 36 heavy (non-hydrogen) atoms. The van der Waals surface area contributed by atoms with Gasteiger partial charge in [-0.2, -0.15) is 0 Å². The van der Waals surface area contributed by atoms with E-state index >= 15 is 0 Å². The van der Waals surface area contributed by atoms with E-state index in [0.29, 0.717) is 16.5 Å². The van der Waals surface area contributed by atoms with E-state index in [1.54, 1.807) is 30.3 Å². The molecule has 0 aliphatic rings. The predicted molar refractivity (Wildman–Crippen MR) is 129 cm³/mol. The van der Waals surface area contributed by atoms with Crippen molar-refractivity contribution in [2.45, 2.75) is 0 Å². The van der Waals surface area contributed by atoms with Crippen molar-refractivity contribution in [3.63, 3.8) is 0 Å². The molecule has 0 spiro atoms. The number of benzene rings is 3. The lowest BCUT2D eigenvalue weighted by molar-refractivity contribution is -0.394. The van der Waals surface area contributed by atoms with Crippen LogP contribution in [0, 0.1) is 20.2 Å². The number of carbonyl (C=O) groups excluding carboxylic acids is 1. The van der Waals surface area contributed by atoms with Gasteiger partial charge < -0.3 is 13.9 Å². The van der Waals surface area contributed by atoms with E-state index in [0.717, 1.165) is 6.07 Å². The highest BCUT2D eigenvalue weighted by Crippen LogP contribution is 2.31. The summed E-state index contributed by atoms with van der Waals surface area (Å²) < 4.78 is 15.8. The second-order valence-corrected chi connectivity index (χ2v) is 7.38. The van der Waals surface area contributed by atoms with Crippen molar-refractivity contribution >= 4 is 40.5 Å². The lowest BCUT2D eigenvalue weighted by Crippen LogP contribution is -2.19. The van der Waals surface area contributed by atoms with Crippen LogP contribution in [0.3, 0.4) is 0 Å². The maximum Gasteiger partial charge on any atom is 0.351 e. The zero-order valence-corrected chi connectivity index (χ0v) is 18.6. The maximum absolute atomic E-state index is 12.7. The highest BCUT2D eigenvalue weighted by molar-refractivity contribution is 5.94. The molecule has 0 amide bonds. The highest BCUT2D eigenvalue weighted by Gasteiger charge is 2.19. The summed E-state index contributed by atoms with van der Waals surface area (Å²) >= 11 is 0. The smallest absolute Gasteiger partial charge is 0.351 e. The van der Waals surface area contributed by atoms with Gasteiger partial charge in [-0.15, -0.1) is 0 Å². The van der Waals surface area contributed by atoms with Crippen molar-refractivity contribution in [3.05, 3.63) is 114 Å². The van der Waals surface area contributed by atoms with Crippen LogP contribution in [0.4, 0.5) is 11.4 Å². The van der Waals surface area contributed by atoms with Crippen LogP contribution in [0.2, 0.25) is 0 Å². The number of esters is 1. The average molecular weight is 488 g/mol. The third-order valence-electron chi connectivity index (χ3n) is 5.13. The van der Waals surface area contributed by atoms with E-state index in [9.17, 15) is 29.8 Å². The van der Waals surface area contributed by atoms with Crippen LogP contribution in [0.5, 0.6) is 11.5 Å². The molecule has 4 aromatic rings.